The van der Waals surface area contributed by atoms with Gasteiger partial charge in [0.2, 0.25) is 0 Å². The van der Waals surface area contributed by atoms with Gasteiger partial charge in [0.15, 0.2) is 10.3 Å². The normalized spacial score (nSPS) is 10.7. The summed E-state index contributed by atoms with van der Waals surface area (Å²) in [6, 6.07) is 12.3. The summed E-state index contributed by atoms with van der Waals surface area (Å²) in [5.74, 6) is -1.42. The highest BCUT2D eigenvalue weighted by atomic mass is 35.5. The quantitative estimate of drug-likeness (QED) is 0.626. The lowest BCUT2D eigenvalue weighted by molar-refractivity contribution is 0.585. The first-order valence-electron chi connectivity index (χ1n) is 6.30. The van der Waals surface area contributed by atoms with E-state index < -0.39 is 11.6 Å². The van der Waals surface area contributed by atoms with Gasteiger partial charge in [-0.25, -0.2) is 8.78 Å². The largest absolute Gasteiger partial charge is 0.207 e. The summed E-state index contributed by atoms with van der Waals surface area (Å²) in [6.45, 7) is 0. The standard InChI is InChI=1S/C16H8Cl2F2N2/c17-15-13(9-4-2-1-3-5-9)14(16(18)22-21-15)11-7-6-10(19)8-12(11)20/h1-8H. The van der Waals surface area contributed by atoms with Gasteiger partial charge < -0.3 is 0 Å². The van der Waals surface area contributed by atoms with E-state index in [9.17, 15) is 8.78 Å². The molecule has 0 saturated carbocycles. The van der Waals surface area contributed by atoms with Crippen LogP contribution in [0.4, 0.5) is 8.78 Å². The van der Waals surface area contributed by atoms with Crippen molar-refractivity contribution in [2.45, 2.75) is 0 Å². The van der Waals surface area contributed by atoms with E-state index in [0.717, 1.165) is 12.1 Å². The van der Waals surface area contributed by atoms with Gasteiger partial charge in [-0.2, -0.15) is 0 Å². The zero-order valence-corrected chi connectivity index (χ0v) is 12.5. The van der Waals surface area contributed by atoms with Crippen LogP contribution in [-0.2, 0) is 0 Å². The molecule has 1 aromatic heterocycles. The average molecular weight is 337 g/mol. The van der Waals surface area contributed by atoms with Crippen molar-refractivity contribution in [2.75, 3.05) is 0 Å². The minimum atomic E-state index is -0.747. The van der Waals surface area contributed by atoms with Crippen molar-refractivity contribution in [2.24, 2.45) is 0 Å². The first kappa shape index (κ1) is 14.9. The highest BCUT2D eigenvalue weighted by molar-refractivity contribution is 6.36. The number of halogens is 4. The van der Waals surface area contributed by atoms with Gasteiger partial charge in [0.25, 0.3) is 0 Å². The summed E-state index contributed by atoms with van der Waals surface area (Å²) >= 11 is 12.2. The topological polar surface area (TPSA) is 25.8 Å². The van der Waals surface area contributed by atoms with Crippen molar-refractivity contribution in [3.8, 4) is 22.3 Å². The van der Waals surface area contributed by atoms with E-state index in [1.54, 1.807) is 12.1 Å². The molecule has 110 valence electrons. The van der Waals surface area contributed by atoms with Gasteiger partial charge in [0, 0.05) is 22.8 Å². The predicted molar refractivity (Wildman–Crippen MR) is 82.8 cm³/mol. The number of hydrogen-bond donors (Lipinski definition) is 0. The summed E-state index contributed by atoms with van der Waals surface area (Å²) in [5, 5.41) is 7.59. The molecule has 1 heterocycles. The second-order valence-electron chi connectivity index (χ2n) is 4.52. The molecule has 0 spiro atoms. The highest BCUT2D eigenvalue weighted by Gasteiger charge is 2.20. The maximum absolute atomic E-state index is 14.2. The molecule has 0 aliphatic carbocycles. The Labute approximate surface area is 135 Å². The minimum Gasteiger partial charge on any atom is -0.207 e. The molecule has 0 N–H and O–H groups in total. The van der Waals surface area contributed by atoms with Crippen molar-refractivity contribution < 1.29 is 8.78 Å². The number of nitrogens with zero attached hydrogens (tertiary/aromatic N) is 2. The smallest absolute Gasteiger partial charge is 0.160 e. The fourth-order valence-corrected chi connectivity index (χ4v) is 2.68. The minimum absolute atomic E-state index is 0.00578. The summed E-state index contributed by atoms with van der Waals surface area (Å²) < 4.78 is 27.3. The fourth-order valence-electron chi connectivity index (χ4n) is 2.20. The molecule has 6 heteroatoms. The second-order valence-corrected chi connectivity index (χ2v) is 5.24. The lowest BCUT2D eigenvalue weighted by Crippen LogP contribution is -1.97. The van der Waals surface area contributed by atoms with Crippen LogP contribution in [0.25, 0.3) is 22.3 Å². The fraction of sp³-hybridized carbons (Fsp3) is 0. The van der Waals surface area contributed by atoms with Crippen molar-refractivity contribution >= 4 is 23.2 Å². The first-order valence-corrected chi connectivity index (χ1v) is 7.06. The maximum atomic E-state index is 14.2. The molecule has 0 amide bonds. The Kier molecular flexibility index (Phi) is 4.05. The molecule has 0 aliphatic heterocycles. The lowest BCUT2D eigenvalue weighted by atomic mass is 9.97. The first-order chi connectivity index (χ1) is 10.6. The summed E-state index contributed by atoms with van der Waals surface area (Å²) in [6.07, 6.45) is 0. The number of rotatable bonds is 2. The summed E-state index contributed by atoms with van der Waals surface area (Å²) in [5.41, 5.74) is 1.56. The van der Waals surface area contributed by atoms with Gasteiger partial charge in [-0.1, -0.05) is 53.5 Å². The molecule has 3 rings (SSSR count). The van der Waals surface area contributed by atoms with Crippen LogP contribution in [0.5, 0.6) is 0 Å². The Morgan fingerprint density at radius 1 is 0.773 bits per heavy atom. The van der Waals surface area contributed by atoms with Gasteiger partial charge >= 0.3 is 0 Å². The van der Waals surface area contributed by atoms with Crippen LogP contribution in [0, 0.1) is 11.6 Å². The van der Waals surface area contributed by atoms with Crippen molar-refractivity contribution in [3.63, 3.8) is 0 Å². The van der Waals surface area contributed by atoms with Crippen LogP contribution in [0.3, 0.4) is 0 Å². The second kappa shape index (κ2) is 5.99. The zero-order valence-electron chi connectivity index (χ0n) is 11.0. The molecule has 0 fully saturated rings. The molecule has 0 bridgehead atoms. The van der Waals surface area contributed by atoms with Crippen LogP contribution in [-0.4, -0.2) is 10.2 Å². The van der Waals surface area contributed by atoms with E-state index >= 15 is 0 Å². The third-order valence-electron chi connectivity index (χ3n) is 3.15. The van der Waals surface area contributed by atoms with Crippen LogP contribution < -0.4 is 0 Å². The number of benzene rings is 2. The third-order valence-corrected chi connectivity index (χ3v) is 3.68. The van der Waals surface area contributed by atoms with Crippen LogP contribution in [0.15, 0.2) is 48.5 Å². The molecular formula is C16H8Cl2F2N2. The Bertz CT molecular complexity index is 839. The van der Waals surface area contributed by atoms with E-state index in [2.05, 4.69) is 10.2 Å². The van der Waals surface area contributed by atoms with Crippen LogP contribution >= 0.6 is 23.2 Å². The maximum Gasteiger partial charge on any atom is 0.160 e. The van der Waals surface area contributed by atoms with E-state index in [0.29, 0.717) is 11.1 Å². The van der Waals surface area contributed by atoms with E-state index in [-0.39, 0.29) is 21.4 Å². The summed E-state index contributed by atoms with van der Waals surface area (Å²) in [7, 11) is 0. The highest BCUT2D eigenvalue weighted by Crippen LogP contribution is 2.40. The van der Waals surface area contributed by atoms with Gasteiger partial charge in [-0.05, 0) is 17.7 Å². The Hall–Kier alpha value is -2.04. The molecule has 0 saturated heterocycles. The Morgan fingerprint density at radius 2 is 1.41 bits per heavy atom. The van der Waals surface area contributed by atoms with Crippen LogP contribution in [0.2, 0.25) is 10.3 Å². The van der Waals surface area contributed by atoms with Crippen molar-refractivity contribution in [3.05, 3.63) is 70.5 Å². The number of hydrogen-bond acceptors (Lipinski definition) is 2. The summed E-state index contributed by atoms with van der Waals surface area (Å²) in [4.78, 5) is 0. The Morgan fingerprint density at radius 3 is 2.05 bits per heavy atom. The Balaban J connectivity index is 2.34. The SMILES string of the molecule is Fc1ccc(-c2c(Cl)nnc(Cl)c2-c2ccccc2)c(F)c1. The molecule has 0 atom stereocenters. The van der Waals surface area contributed by atoms with Crippen molar-refractivity contribution in [1.29, 1.82) is 0 Å². The van der Waals surface area contributed by atoms with E-state index in [1.165, 1.54) is 6.07 Å². The molecule has 2 nitrogen and oxygen atoms in total. The zero-order chi connectivity index (χ0) is 15.7. The molecule has 22 heavy (non-hydrogen) atoms. The van der Waals surface area contributed by atoms with E-state index in [4.69, 9.17) is 23.2 Å². The van der Waals surface area contributed by atoms with Gasteiger partial charge in [-0.3, -0.25) is 0 Å². The predicted octanol–water partition coefficient (Wildman–Crippen LogP) is 5.40. The number of aromatic nitrogens is 2. The lowest BCUT2D eigenvalue weighted by Gasteiger charge is -2.13. The molecule has 2 aromatic carbocycles. The molecular weight excluding hydrogens is 329 g/mol. The monoisotopic (exact) mass is 336 g/mol. The van der Waals surface area contributed by atoms with Gasteiger partial charge in [-0.15, -0.1) is 10.2 Å². The van der Waals surface area contributed by atoms with Crippen molar-refractivity contribution in [1.82, 2.24) is 10.2 Å². The average Bonchev–Trinajstić information content (AvgIpc) is 2.51. The third kappa shape index (κ3) is 2.67. The van der Waals surface area contributed by atoms with Gasteiger partial charge in [0.05, 0.1) is 0 Å². The molecule has 0 radical (unpaired) electrons. The molecule has 0 unspecified atom stereocenters. The van der Waals surface area contributed by atoms with E-state index in [1.807, 2.05) is 18.2 Å². The molecule has 3 aromatic rings. The van der Waals surface area contributed by atoms with Crippen LogP contribution in [0.1, 0.15) is 0 Å². The van der Waals surface area contributed by atoms with Gasteiger partial charge in [0.1, 0.15) is 11.6 Å². The molecule has 0 aliphatic rings.